The number of halogens is 3. The van der Waals surface area contributed by atoms with Crippen LogP contribution in [0.1, 0.15) is 57.2 Å². The Labute approximate surface area is 239 Å². The van der Waals surface area contributed by atoms with Gasteiger partial charge in [0.05, 0.1) is 15.8 Å². The van der Waals surface area contributed by atoms with Gasteiger partial charge in [-0.1, -0.05) is 64.1 Å². The molecule has 4 heterocycles. The molecule has 3 aromatic carbocycles. The number of nitrogens with zero attached hydrogens (tertiary/aromatic N) is 2. The van der Waals surface area contributed by atoms with E-state index < -0.39 is 28.3 Å². The van der Waals surface area contributed by atoms with Crippen molar-refractivity contribution in [1.29, 1.82) is 0 Å². The number of aromatic nitrogens is 1. The lowest BCUT2D eigenvalue weighted by atomic mass is 9.69. The minimum Gasteiger partial charge on any atom is -0.422 e. The minimum atomic E-state index is -4.80. The van der Waals surface area contributed by atoms with Crippen LogP contribution in [-0.2, 0) is 17.0 Å². The summed E-state index contributed by atoms with van der Waals surface area (Å²) in [4.78, 5) is 20.4. The van der Waals surface area contributed by atoms with Crippen LogP contribution < -0.4 is 10.5 Å². The lowest BCUT2D eigenvalue weighted by Gasteiger charge is -2.48. The lowest BCUT2D eigenvalue weighted by molar-refractivity contribution is -0.136. The largest absolute Gasteiger partial charge is 0.422 e. The van der Waals surface area contributed by atoms with Crippen LogP contribution in [0.3, 0.4) is 0 Å². The number of hydrogen-bond donors (Lipinski definition) is 0. The van der Waals surface area contributed by atoms with Crippen molar-refractivity contribution in [3.05, 3.63) is 81.7 Å². The molecule has 7 rings (SSSR count). The second-order valence-electron chi connectivity index (χ2n) is 12.5. The standard InChI is InChI=1S/C33H29F3N2O2S/c1-31(2)12-14-38-15-13-32(3,4)26-27(38)21(31)17-20-25(33(34,35)36)24(30(39)40-28(20)26)29-37-22-11-10-19(16-23(22)41-29)18-8-6-5-7-9-18/h5-11,16-17H,12-15H2,1-4H3. The molecule has 2 aliphatic rings. The third-order valence-corrected chi connectivity index (χ3v) is 9.93. The zero-order chi connectivity index (χ0) is 28.9. The highest BCUT2D eigenvalue weighted by atomic mass is 32.1. The number of fused-ring (bicyclic) bond motifs is 3. The molecule has 0 saturated heterocycles. The van der Waals surface area contributed by atoms with Gasteiger partial charge in [0.1, 0.15) is 16.2 Å². The van der Waals surface area contributed by atoms with E-state index >= 15 is 13.2 Å². The van der Waals surface area contributed by atoms with E-state index in [0.717, 1.165) is 59.6 Å². The van der Waals surface area contributed by atoms with E-state index in [1.165, 1.54) is 0 Å². The molecule has 0 spiro atoms. The van der Waals surface area contributed by atoms with Crippen LogP contribution in [0.2, 0.25) is 0 Å². The summed E-state index contributed by atoms with van der Waals surface area (Å²) in [5.74, 6) is 0. The van der Waals surface area contributed by atoms with Gasteiger partial charge in [0.25, 0.3) is 0 Å². The predicted octanol–water partition coefficient (Wildman–Crippen LogP) is 8.92. The highest BCUT2D eigenvalue weighted by Gasteiger charge is 2.45. The van der Waals surface area contributed by atoms with E-state index in [2.05, 4.69) is 23.7 Å². The first-order chi connectivity index (χ1) is 19.3. The summed E-state index contributed by atoms with van der Waals surface area (Å²) >= 11 is 1.08. The first-order valence-electron chi connectivity index (χ1n) is 13.8. The fraction of sp³-hybridized carbons (Fsp3) is 0.333. The molecule has 4 nitrogen and oxygen atoms in total. The fourth-order valence-electron chi connectivity index (χ4n) is 6.55. The molecule has 0 N–H and O–H groups in total. The van der Waals surface area contributed by atoms with Crippen molar-refractivity contribution in [1.82, 2.24) is 4.98 Å². The van der Waals surface area contributed by atoms with E-state index in [0.29, 0.717) is 15.8 Å². The van der Waals surface area contributed by atoms with Crippen LogP contribution in [-0.4, -0.2) is 18.1 Å². The number of thiazole rings is 1. The molecule has 41 heavy (non-hydrogen) atoms. The van der Waals surface area contributed by atoms with Crippen LogP contribution in [0.4, 0.5) is 18.9 Å². The Bertz CT molecular complexity index is 1920. The van der Waals surface area contributed by atoms with Gasteiger partial charge in [-0.05, 0) is 58.6 Å². The summed E-state index contributed by atoms with van der Waals surface area (Å²) in [5.41, 5.74) is 1.74. The molecule has 0 unspecified atom stereocenters. The van der Waals surface area contributed by atoms with Crippen molar-refractivity contribution in [2.24, 2.45) is 0 Å². The molecule has 0 atom stereocenters. The average Bonchev–Trinajstić information content (AvgIpc) is 3.33. The van der Waals surface area contributed by atoms with Gasteiger partial charge in [-0.25, -0.2) is 9.78 Å². The van der Waals surface area contributed by atoms with Gasteiger partial charge in [0, 0.05) is 29.7 Å². The maximum atomic E-state index is 15.1. The smallest absolute Gasteiger partial charge is 0.418 e. The van der Waals surface area contributed by atoms with E-state index in [4.69, 9.17) is 4.42 Å². The third kappa shape index (κ3) is 4.02. The summed E-state index contributed by atoms with van der Waals surface area (Å²) in [6, 6.07) is 17.0. The quantitative estimate of drug-likeness (QED) is 0.198. The zero-order valence-electron chi connectivity index (χ0n) is 23.3. The average molecular weight is 575 g/mol. The topological polar surface area (TPSA) is 46.3 Å². The van der Waals surface area contributed by atoms with Crippen LogP contribution in [0.15, 0.2) is 63.8 Å². The SMILES string of the molecule is CC1(C)CCN2CCC(C)(C)c3c2c1cc1c(C(F)(F)F)c(-c2nc4ccc(-c5ccccc5)cc4s2)c(=O)oc31. The van der Waals surface area contributed by atoms with Gasteiger partial charge >= 0.3 is 11.8 Å². The number of hydrogen-bond acceptors (Lipinski definition) is 5. The highest BCUT2D eigenvalue weighted by molar-refractivity contribution is 7.21. The summed E-state index contributed by atoms with van der Waals surface area (Å²) in [6.07, 6.45) is -3.21. The van der Waals surface area contributed by atoms with Crippen LogP contribution in [0, 0.1) is 0 Å². The number of alkyl halides is 3. The third-order valence-electron chi connectivity index (χ3n) is 8.90. The van der Waals surface area contributed by atoms with Crippen LogP contribution in [0.5, 0.6) is 0 Å². The van der Waals surface area contributed by atoms with Crippen molar-refractivity contribution in [2.45, 2.75) is 57.5 Å². The van der Waals surface area contributed by atoms with E-state index in [1.54, 1.807) is 12.1 Å². The van der Waals surface area contributed by atoms with Gasteiger partial charge in [-0.2, -0.15) is 13.2 Å². The van der Waals surface area contributed by atoms with Crippen molar-refractivity contribution >= 4 is 38.2 Å². The fourth-order valence-corrected chi connectivity index (χ4v) is 7.60. The van der Waals surface area contributed by atoms with E-state index in [1.807, 2.05) is 56.3 Å². The monoisotopic (exact) mass is 574 g/mol. The molecule has 0 saturated carbocycles. The molecule has 0 aliphatic carbocycles. The van der Waals surface area contributed by atoms with Crippen molar-refractivity contribution in [3.63, 3.8) is 0 Å². The van der Waals surface area contributed by atoms with Gasteiger partial charge in [0.2, 0.25) is 0 Å². The van der Waals surface area contributed by atoms with Gasteiger partial charge in [-0.3, -0.25) is 0 Å². The Morgan fingerprint density at radius 1 is 0.927 bits per heavy atom. The Kier molecular flexibility index (Phi) is 5.56. The van der Waals surface area contributed by atoms with Crippen molar-refractivity contribution in [2.75, 3.05) is 18.0 Å². The first-order valence-corrected chi connectivity index (χ1v) is 14.6. The lowest BCUT2D eigenvalue weighted by Crippen LogP contribution is -2.45. The summed E-state index contributed by atoms with van der Waals surface area (Å²) in [7, 11) is 0. The second kappa shape index (κ2) is 8.68. The maximum Gasteiger partial charge on any atom is 0.418 e. The number of benzene rings is 3. The van der Waals surface area contributed by atoms with Gasteiger partial charge in [-0.15, -0.1) is 11.3 Å². The Morgan fingerprint density at radius 2 is 1.63 bits per heavy atom. The maximum absolute atomic E-state index is 15.1. The Balaban J connectivity index is 1.54. The molecule has 8 heteroatoms. The summed E-state index contributed by atoms with van der Waals surface area (Å²) < 4.78 is 52.0. The Hall–Kier alpha value is -3.65. The molecular weight excluding hydrogens is 545 g/mol. The molecule has 0 amide bonds. The van der Waals surface area contributed by atoms with E-state index in [-0.39, 0.29) is 21.4 Å². The Morgan fingerprint density at radius 3 is 2.34 bits per heavy atom. The normalized spacial score (nSPS) is 17.7. The molecule has 0 fully saturated rings. The van der Waals surface area contributed by atoms with Gasteiger partial charge < -0.3 is 9.32 Å². The molecule has 2 aliphatic heterocycles. The minimum absolute atomic E-state index is 0.0136. The van der Waals surface area contributed by atoms with Crippen LogP contribution in [0.25, 0.3) is 42.9 Å². The molecule has 5 aromatic rings. The van der Waals surface area contributed by atoms with Gasteiger partial charge in [0.15, 0.2) is 0 Å². The van der Waals surface area contributed by atoms with Crippen molar-refractivity contribution < 1.29 is 17.6 Å². The van der Waals surface area contributed by atoms with E-state index in [9.17, 15) is 4.79 Å². The second-order valence-corrected chi connectivity index (χ2v) is 13.5. The predicted molar refractivity (Wildman–Crippen MR) is 159 cm³/mol. The first kappa shape index (κ1) is 26.3. The summed E-state index contributed by atoms with van der Waals surface area (Å²) in [5, 5.41) is -0.0466. The molecular formula is C33H29F3N2O2S. The molecule has 0 radical (unpaired) electrons. The molecule has 2 aromatic heterocycles. The molecule has 210 valence electrons. The highest BCUT2D eigenvalue weighted by Crippen LogP contribution is 2.54. The van der Waals surface area contributed by atoms with Crippen LogP contribution >= 0.6 is 11.3 Å². The number of anilines is 1. The molecule has 0 bridgehead atoms. The van der Waals surface area contributed by atoms with Crippen molar-refractivity contribution in [3.8, 4) is 21.7 Å². The summed E-state index contributed by atoms with van der Waals surface area (Å²) in [6.45, 7) is 9.86. The number of rotatable bonds is 2. The zero-order valence-corrected chi connectivity index (χ0v) is 24.1.